The van der Waals surface area contributed by atoms with Crippen LogP contribution in [0, 0.1) is 5.92 Å². The van der Waals surface area contributed by atoms with Gasteiger partial charge in [-0.1, -0.05) is 25.1 Å². The molecule has 2 aromatic rings. The monoisotopic (exact) mass is 355 g/mol. The molecule has 1 aromatic heterocycles. The topological polar surface area (TPSA) is 38.9 Å². The zero-order chi connectivity index (χ0) is 17.6. The van der Waals surface area contributed by atoms with E-state index in [9.17, 15) is 0 Å². The summed E-state index contributed by atoms with van der Waals surface area (Å²) in [5.41, 5.74) is 3.32. The third-order valence-corrected chi connectivity index (χ3v) is 5.27. The molecule has 25 heavy (non-hydrogen) atoms. The first-order valence-corrected chi connectivity index (χ1v) is 9.63. The van der Waals surface area contributed by atoms with Crippen LogP contribution in [0.4, 0.5) is 0 Å². The SMILES string of the molecule is C=CCN=c1scc(-c2ccccc2OC)n1N=C1CCCC(C)C1. The van der Waals surface area contributed by atoms with Gasteiger partial charge in [0.15, 0.2) is 0 Å². The fraction of sp³-hybridized carbons (Fsp3) is 0.400. The lowest BCUT2D eigenvalue weighted by atomic mass is 9.89. The van der Waals surface area contributed by atoms with Crippen LogP contribution in [-0.2, 0) is 0 Å². The van der Waals surface area contributed by atoms with E-state index in [4.69, 9.17) is 9.84 Å². The quantitative estimate of drug-likeness (QED) is 0.715. The number of thiazole rings is 1. The average Bonchev–Trinajstić information content (AvgIpc) is 3.02. The summed E-state index contributed by atoms with van der Waals surface area (Å²) in [6.07, 6.45) is 6.45. The van der Waals surface area contributed by atoms with Crippen molar-refractivity contribution < 1.29 is 4.74 Å². The minimum absolute atomic E-state index is 0.590. The van der Waals surface area contributed by atoms with Crippen LogP contribution in [0.15, 0.2) is 52.4 Å². The highest BCUT2D eigenvalue weighted by Crippen LogP contribution is 2.30. The Kier molecular flexibility index (Phi) is 5.87. The van der Waals surface area contributed by atoms with Gasteiger partial charge in [0.25, 0.3) is 0 Å². The molecule has 4 nitrogen and oxygen atoms in total. The molecule has 1 aromatic carbocycles. The van der Waals surface area contributed by atoms with Crippen molar-refractivity contribution in [1.29, 1.82) is 0 Å². The van der Waals surface area contributed by atoms with Crippen LogP contribution in [0.5, 0.6) is 5.75 Å². The van der Waals surface area contributed by atoms with E-state index in [1.54, 1.807) is 18.4 Å². The van der Waals surface area contributed by atoms with E-state index < -0.39 is 0 Å². The van der Waals surface area contributed by atoms with Crippen LogP contribution in [0.2, 0.25) is 0 Å². The minimum atomic E-state index is 0.590. The first-order chi connectivity index (χ1) is 12.2. The molecule has 0 radical (unpaired) electrons. The molecule has 5 heteroatoms. The van der Waals surface area contributed by atoms with Crippen molar-refractivity contribution in [3.63, 3.8) is 0 Å². The first kappa shape index (κ1) is 17.7. The molecule has 1 aliphatic carbocycles. The maximum absolute atomic E-state index is 5.55. The Bertz CT molecular complexity index is 831. The van der Waals surface area contributed by atoms with Crippen molar-refractivity contribution in [2.24, 2.45) is 16.0 Å². The highest BCUT2D eigenvalue weighted by Gasteiger charge is 2.17. The fourth-order valence-electron chi connectivity index (χ4n) is 3.18. The number of rotatable bonds is 5. The highest BCUT2D eigenvalue weighted by atomic mass is 32.1. The van der Waals surface area contributed by atoms with E-state index in [1.165, 1.54) is 18.6 Å². The van der Waals surface area contributed by atoms with Gasteiger partial charge in [-0.3, -0.25) is 4.99 Å². The van der Waals surface area contributed by atoms with Crippen LogP contribution in [0.25, 0.3) is 11.3 Å². The second-order valence-electron chi connectivity index (χ2n) is 6.41. The van der Waals surface area contributed by atoms with Gasteiger partial charge >= 0.3 is 0 Å². The number of benzene rings is 1. The van der Waals surface area contributed by atoms with Crippen LogP contribution >= 0.6 is 11.3 Å². The molecule has 0 saturated heterocycles. The summed E-state index contributed by atoms with van der Waals surface area (Å²) in [5.74, 6) is 1.55. The molecule has 132 valence electrons. The fourth-order valence-corrected chi connectivity index (χ4v) is 4.01. The number of ether oxygens (including phenoxy) is 1. The van der Waals surface area contributed by atoms with E-state index in [1.807, 2.05) is 29.0 Å². The van der Waals surface area contributed by atoms with Crippen molar-refractivity contribution in [2.45, 2.75) is 32.6 Å². The lowest BCUT2D eigenvalue weighted by Crippen LogP contribution is -2.19. The number of aromatic nitrogens is 1. The Morgan fingerprint density at radius 3 is 3.00 bits per heavy atom. The highest BCUT2D eigenvalue weighted by molar-refractivity contribution is 7.07. The molecule has 1 atom stereocenters. The van der Waals surface area contributed by atoms with Gasteiger partial charge in [0.2, 0.25) is 4.80 Å². The molecule has 0 aliphatic heterocycles. The molecule has 3 rings (SSSR count). The maximum atomic E-state index is 5.55. The third kappa shape index (κ3) is 4.10. The van der Waals surface area contributed by atoms with E-state index in [2.05, 4.69) is 29.9 Å². The summed E-state index contributed by atoms with van der Waals surface area (Å²) < 4.78 is 7.53. The smallest absolute Gasteiger partial charge is 0.206 e. The Morgan fingerprint density at radius 1 is 1.40 bits per heavy atom. The van der Waals surface area contributed by atoms with Crippen LogP contribution < -0.4 is 9.54 Å². The summed E-state index contributed by atoms with van der Waals surface area (Å²) >= 11 is 1.61. The zero-order valence-electron chi connectivity index (χ0n) is 14.9. The average molecular weight is 356 g/mol. The van der Waals surface area contributed by atoms with Gasteiger partial charge in [-0.15, -0.1) is 17.9 Å². The molecule has 1 heterocycles. The van der Waals surface area contributed by atoms with Crippen molar-refractivity contribution in [3.8, 4) is 17.0 Å². The summed E-state index contributed by atoms with van der Waals surface area (Å²) in [6.45, 7) is 6.66. The second kappa shape index (κ2) is 8.30. The van der Waals surface area contributed by atoms with Crippen molar-refractivity contribution in [2.75, 3.05) is 13.7 Å². The van der Waals surface area contributed by atoms with Crippen LogP contribution in [-0.4, -0.2) is 24.0 Å². The van der Waals surface area contributed by atoms with Gasteiger partial charge in [0.05, 0.1) is 19.3 Å². The van der Waals surface area contributed by atoms with E-state index in [0.717, 1.165) is 34.6 Å². The molecule has 1 unspecified atom stereocenters. The summed E-state index contributed by atoms with van der Waals surface area (Å²) in [5, 5.41) is 7.10. The van der Waals surface area contributed by atoms with E-state index in [-0.39, 0.29) is 0 Å². The number of para-hydroxylation sites is 1. The number of methoxy groups -OCH3 is 1. The lowest BCUT2D eigenvalue weighted by molar-refractivity contribution is 0.416. The van der Waals surface area contributed by atoms with Crippen molar-refractivity contribution in [1.82, 2.24) is 4.68 Å². The van der Waals surface area contributed by atoms with E-state index >= 15 is 0 Å². The largest absolute Gasteiger partial charge is 0.496 e. The normalized spacial score (nSPS) is 20.0. The van der Waals surface area contributed by atoms with Gasteiger partial charge in [-0.25, -0.2) is 4.68 Å². The molecular weight excluding hydrogens is 330 g/mol. The van der Waals surface area contributed by atoms with Gasteiger partial charge in [-0.05, 0) is 43.7 Å². The van der Waals surface area contributed by atoms with Gasteiger partial charge in [0, 0.05) is 16.7 Å². The molecular formula is C20H25N3OS. The summed E-state index contributed by atoms with van der Waals surface area (Å²) in [7, 11) is 1.70. The molecule has 0 bridgehead atoms. The number of nitrogens with zero attached hydrogens (tertiary/aromatic N) is 3. The Labute approximate surface area is 153 Å². The van der Waals surface area contributed by atoms with Crippen molar-refractivity contribution in [3.05, 3.63) is 47.1 Å². The Hall–Kier alpha value is -2.14. The van der Waals surface area contributed by atoms with Gasteiger partial charge in [0.1, 0.15) is 5.75 Å². The molecule has 1 aliphatic rings. The summed E-state index contributed by atoms with van der Waals surface area (Å²) in [4.78, 5) is 5.52. The predicted molar refractivity (Wildman–Crippen MR) is 105 cm³/mol. The molecule has 0 spiro atoms. The first-order valence-electron chi connectivity index (χ1n) is 8.75. The Morgan fingerprint density at radius 2 is 2.24 bits per heavy atom. The predicted octanol–water partition coefficient (Wildman–Crippen LogP) is 4.73. The zero-order valence-corrected chi connectivity index (χ0v) is 15.8. The summed E-state index contributed by atoms with van der Waals surface area (Å²) in [6, 6.07) is 8.05. The van der Waals surface area contributed by atoms with Crippen LogP contribution in [0.3, 0.4) is 0 Å². The van der Waals surface area contributed by atoms with Crippen molar-refractivity contribution >= 4 is 17.0 Å². The van der Waals surface area contributed by atoms with Gasteiger partial charge < -0.3 is 4.74 Å². The third-order valence-electron chi connectivity index (χ3n) is 4.41. The molecule has 0 amide bonds. The standard InChI is InChI=1S/C20H25N3OS/c1-4-12-21-20-23(22-16-9-7-8-15(2)13-16)18(14-25-20)17-10-5-6-11-19(17)24-3/h4-6,10-11,14-15H,1,7-9,12-13H2,2-3H3. The molecule has 1 fully saturated rings. The number of hydrogen-bond acceptors (Lipinski definition) is 4. The molecule has 1 saturated carbocycles. The van der Waals surface area contributed by atoms with E-state index in [0.29, 0.717) is 12.5 Å². The van der Waals surface area contributed by atoms with Crippen LogP contribution in [0.1, 0.15) is 32.6 Å². The maximum Gasteiger partial charge on any atom is 0.206 e. The van der Waals surface area contributed by atoms with Gasteiger partial charge in [-0.2, -0.15) is 5.10 Å². The lowest BCUT2D eigenvalue weighted by Gasteiger charge is -2.19. The Balaban J connectivity index is 2.12. The minimum Gasteiger partial charge on any atom is -0.496 e. The molecule has 0 N–H and O–H groups in total. The second-order valence-corrected chi connectivity index (χ2v) is 7.25. The number of hydrogen-bond donors (Lipinski definition) is 0.